The zero-order chi connectivity index (χ0) is 17.1. The van der Waals surface area contributed by atoms with E-state index in [1.807, 2.05) is 0 Å². The highest BCUT2D eigenvalue weighted by Gasteiger charge is 2.17. The molecule has 1 unspecified atom stereocenters. The van der Waals surface area contributed by atoms with Gasteiger partial charge in [0, 0.05) is 30.5 Å². The third-order valence-corrected chi connectivity index (χ3v) is 4.99. The molecule has 1 aliphatic rings. The van der Waals surface area contributed by atoms with E-state index >= 15 is 0 Å². The molecular weight excluding hydrogens is 296 g/mol. The van der Waals surface area contributed by atoms with Crippen LogP contribution in [0.4, 0.5) is 11.4 Å². The molecule has 0 saturated carbocycles. The Hall–Kier alpha value is -2.00. The summed E-state index contributed by atoms with van der Waals surface area (Å²) in [5.41, 5.74) is 6.30. The van der Waals surface area contributed by atoms with Gasteiger partial charge >= 0.3 is 0 Å². The summed E-state index contributed by atoms with van der Waals surface area (Å²) in [6.07, 6.45) is 1.61. The first kappa shape index (κ1) is 16.8. The molecule has 1 saturated heterocycles. The monoisotopic (exact) mass is 324 g/mol. The molecule has 0 aromatic heterocycles. The number of nitrogens with zero attached hydrogens (tertiary/aromatic N) is 1. The molecule has 1 aliphatic heterocycles. The number of hydrogen-bond acceptors (Lipinski definition) is 3. The molecule has 1 atom stereocenters. The lowest BCUT2D eigenvalue weighted by Gasteiger charge is -2.31. The summed E-state index contributed by atoms with van der Waals surface area (Å²) in [4.78, 5) is 2.36. The van der Waals surface area contributed by atoms with Gasteiger partial charge in [0.1, 0.15) is 0 Å². The average Bonchev–Trinajstić information content (AvgIpc) is 2.59. The maximum Gasteiger partial charge on any atom is 0.0574 e. The van der Waals surface area contributed by atoms with E-state index in [9.17, 15) is 5.11 Å². The van der Waals surface area contributed by atoms with E-state index in [0.717, 1.165) is 25.9 Å². The van der Waals surface area contributed by atoms with Crippen molar-refractivity contribution in [3.8, 4) is 0 Å². The molecule has 3 heteroatoms. The van der Waals surface area contributed by atoms with Gasteiger partial charge in [-0.25, -0.2) is 0 Å². The van der Waals surface area contributed by atoms with Crippen LogP contribution in [0.15, 0.2) is 42.5 Å². The number of benzene rings is 2. The second-order valence-electron chi connectivity index (χ2n) is 6.99. The predicted octanol–water partition coefficient (Wildman–Crippen LogP) is 4.44. The van der Waals surface area contributed by atoms with Gasteiger partial charge in [0.15, 0.2) is 0 Å². The smallest absolute Gasteiger partial charge is 0.0574 e. The van der Waals surface area contributed by atoms with Crippen LogP contribution in [0.3, 0.4) is 0 Å². The third-order valence-electron chi connectivity index (χ3n) is 4.99. The molecule has 0 radical (unpaired) electrons. The summed E-state index contributed by atoms with van der Waals surface area (Å²) < 4.78 is 0. The van der Waals surface area contributed by atoms with Crippen LogP contribution in [-0.4, -0.2) is 24.3 Å². The van der Waals surface area contributed by atoms with Crippen molar-refractivity contribution in [1.29, 1.82) is 0 Å². The maximum atomic E-state index is 9.64. The van der Waals surface area contributed by atoms with Gasteiger partial charge < -0.3 is 15.3 Å². The molecule has 3 rings (SSSR count). The summed E-state index contributed by atoms with van der Waals surface area (Å²) in [6.45, 7) is 8.35. The van der Waals surface area contributed by atoms with Crippen LogP contribution in [0.1, 0.15) is 42.5 Å². The maximum absolute atomic E-state index is 9.64. The van der Waals surface area contributed by atoms with E-state index in [2.05, 4.69) is 73.5 Å². The Bertz CT molecular complexity index is 673. The second kappa shape index (κ2) is 7.27. The number of aryl methyl sites for hydroxylation is 2. The van der Waals surface area contributed by atoms with Crippen molar-refractivity contribution in [3.63, 3.8) is 0 Å². The third kappa shape index (κ3) is 3.90. The first-order valence-electron chi connectivity index (χ1n) is 8.89. The molecule has 3 nitrogen and oxygen atoms in total. The minimum atomic E-state index is -0.123. The Balaban J connectivity index is 1.67. The SMILES string of the molecule is Cc1ccc(C)c(NC(C)c2ccc(N3CCC(O)CC3)cc2)c1. The first-order valence-corrected chi connectivity index (χ1v) is 8.89. The average molecular weight is 324 g/mol. The van der Waals surface area contributed by atoms with E-state index in [1.165, 1.54) is 28.1 Å². The van der Waals surface area contributed by atoms with Gasteiger partial charge in [-0.1, -0.05) is 24.3 Å². The van der Waals surface area contributed by atoms with Gasteiger partial charge in [0.25, 0.3) is 0 Å². The Morgan fingerprint density at radius 3 is 2.38 bits per heavy atom. The number of aliphatic hydroxyl groups excluding tert-OH is 1. The second-order valence-corrected chi connectivity index (χ2v) is 6.99. The van der Waals surface area contributed by atoms with Crippen LogP contribution in [-0.2, 0) is 0 Å². The Morgan fingerprint density at radius 1 is 1.04 bits per heavy atom. The molecule has 2 aromatic carbocycles. The Labute approximate surface area is 145 Å². The zero-order valence-electron chi connectivity index (χ0n) is 14.9. The molecule has 1 heterocycles. The van der Waals surface area contributed by atoms with Crippen molar-refractivity contribution >= 4 is 11.4 Å². The van der Waals surface area contributed by atoms with Crippen molar-refractivity contribution in [2.45, 2.75) is 45.8 Å². The Kier molecular flexibility index (Phi) is 5.10. The number of piperidine rings is 1. The van der Waals surface area contributed by atoms with E-state index in [0.29, 0.717) is 0 Å². The van der Waals surface area contributed by atoms with Crippen molar-refractivity contribution < 1.29 is 5.11 Å². The van der Waals surface area contributed by atoms with Gasteiger partial charge in [-0.2, -0.15) is 0 Å². The highest BCUT2D eigenvalue weighted by atomic mass is 16.3. The number of nitrogens with one attached hydrogen (secondary N) is 1. The van der Waals surface area contributed by atoms with Crippen molar-refractivity contribution in [2.75, 3.05) is 23.3 Å². The lowest BCUT2D eigenvalue weighted by atomic mass is 10.0. The molecular formula is C21H28N2O. The molecule has 0 spiro atoms. The Morgan fingerprint density at radius 2 is 1.71 bits per heavy atom. The summed E-state index contributed by atoms with van der Waals surface area (Å²) in [5.74, 6) is 0. The highest BCUT2D eigenvalue weighted by molar-refractivity contribution is 5.55. The molecule has 1 fully saturated rings. The van der Waals surface area contributed by atoms with Crippen molar-refractivity contribution in [3.05, 3.63) is 59.2 Å². The lowest BCUT2D eigenvalue weighted by molar-refractivity contribution is 0.145. The number of anilines is 2. The highest BCUT2D eigenvalue weighted by Crippen LogP contribution is 2.26. The first-order chi connectivity index (χ1) is 11.5. The quantitative estimate of drug-likeness (QED) is 0.873. The van der Waals surface area contributed by atoms with Crippen LogP contribution in [0, 0.1) is 13.8 Å². The van der Waals surface area contributed by atoms with Crippen molar-refractivity contribution in [1.82, 2.24) is 0 Å². The van der Waals surface area contributed by atoms with Gasteiger partial charge in [-0.05, 0) is 68.5 Å². The summed E-state index contributed by atoms with van der Waals surface area (Å²) in [7, 11) is 0. The van der Waals surface area contributed by atoms with E-state index in [-0.39, 0.29) is 12.1 Å². The molecule has 0 aliphatic carbocycles. The van der Waals surface area contributed by atoms with Crippen LogP contribution in [0.5, 0.6) is 0 Å². The van der Waals surface area contributed by atoms with Crippen LogP contribution in [0.2, 0.25) is 0 Å². The normalized spacial score (nSPS) is 16.9. The summed E-state index contributed by atoms with van der Waals surface area (Å²) >= 11 is 0. The minimum Gasteiger partial charge on any atom is -0.393 e. The number of aliphatic hydroxyl groups is 1. The van der Waals surface area contributed by atoms with Crippen LogP contribution in [0.25, 0.3) is 0 Å². The fraction of sp³-hybridized carbons (Fsp3) is 0.429. The lowest BCUT2D eigenvalue weighted by Crippen LogP contribution is -2.35. The zero-order valence-corrected chi connectivity index (χ0v) is 14.9. The van der Waals surface area contributed by atoms with Gasteiger partial charge in [0.05, 0.1) is 6.10 Å². The summed E-state index contributed by atoms with van der Waals surface area (Å²) in [6, 6.07) is 15.6. The van der Waals surface area contributed by atoms with Crippen LogP contribution < -0.4 is 10.2 Å². The summed E-state index contributed by atoms with van der Waals surface area (Å²) in [5, 5.41) is 13.3. The molecule has 2 N–H and O–H groups in total. The molecule has 128 valence electrons. The van der Waals surface area contributed by atoms with Gasteiger partial charge in [-0.15, -0.1) is 0 Å². The molecule has 2 aromatic rings. The predicted molar refractivity (Wildman–Crippen MR) is 102 cm³/mol. The van der Waals surface area contributed by atoms with Crippen LogP contribution >= 0.6 is 0 Å². The van der Waals surface area contributed by atoms with E-state index < -0.39 is 0 Å². The van der Waals surface area contributed by atoms with E-state index in [1.54, 1.807) is 0 Å². The topological polar surface area (TPSA) is 35.5 Å². The minimum absolute atomic E-state index is 0.123. The van der Waals surface area contributed by atoms with Gasteiger partial charge in [-0.3, -0.25) is 0 Å². The number of hydrogen-bond donors (Lipinski definition) is 2. The fourth-order valence-corrected chi connectivity index (χ4v) is 3.31. The standard InChI is InChI=1S/C21H28N2O/c1-15-4-5-16(2)21(14-15)22-17(3)18-6-8-19(9-7-18)23-12-10-20(24)11-13-23/h4-9,14,17,20,22,24H,10-13H2,1-3H3. The van der Waals surface area contributed by atoms with Crippen molar-refractivity contribution in [2.24, 2.45) is 0 Å². The fourth-order valence-electron chi connectivity index (χ4n) is 3.31. The molecule has 24 heavy (non-hydrogen) atoms. The number of rotatable bonds is 4. The molecule has 0 bridgehead atoms. The largest absolute Gasteiger partial charge is 0.393 e. The van der Waals surface area contributed by atoms with Gasteiger partial charge in [0.2, 0.25) is 0 Å². The molecule has 0 amide bonds. The van der Waals surface area contributed by atoms with E-state index in [4.69, 9.17) is 0 Å².